The Bertz CT molecular complexity index is 539. The molecule has 0 atom stereocenters. The van der Waals surface area contributed by atoms with E-state index in [4.69, 9.17) is 5.26 Å². The highest BCUT2D eigenvalue weighted by molar-refractivity contribution is 5.82. The lowest BCUT2D eigenvalue weighted by molar-refractivity contribution is -0.137. The second-order valence-corrected chi connectivity index (χ2v) is 5.49. The number of nitrogens with zero attached hydrogens (tertiary/aromatic N) is 4. The van der Waals surface area contributed by atoms with Gasteiger partial charge in [-0.1, -0.05) is 0 Å². The Balaban J connectivity index is 1.61. The molecule has 0 saturated carbocycles. The molecule has 0 spiro atoms. The van der Waals surface area contributed by atoms with Gasteiger partial charge >= 0.3 is 0 Å². The van der Waals surface area contributed by atoms with Gasteiger partial charge in [-0.25, -0.2) is 0 Å². The second-order valence-electron chi connectivity index (χ2n) is 5.49. The maximum absolute atomic E-state index is 12.3. The van der Waals surface area contributed by atoms with E-state index in [0.717, 1.165) is 31.6 Å². The minimum absolute atomic E-state index is 0.0832. The summed E-state index contributed by atoms with van der Waals surface area (Å²) in [5.74, 6) is 0.364. The fourth-order valence-electron chi connectivity index (χ4n) is 2.94. The molecule has 1 amide bonds. The Morgan fingerprint density at radius 1 is 1.30 bits per heavy atom. The van der Waals surface area contributed by atoms with E-state index in [2.05, 4.69) is 16.0 Å². The molecule has 0 radical (unpaired) electrons. The molecule has 2 aliphatic rings. The number of pyridine rings is 1. The molecule has 0 aliphatic carbocycles. The predicted octanol–water partition coefficient (Wildman–Crippen LogP) is 1.40. The lowest BCUT2D eigenvalue weighted by Gasteiger charge is -2.42. The maximum atomic E-state index is 12.3. The van der Waals surface area contributed by atoms with E-state index in [-0.39, 0.29) is 11.8 Å². The van der Waals surface area contributed by atoms with Gasteiger partial charge in [-0.2, -0.15) is 5.26 Å². The summed E-state index contributed by atoms with van der Waals surface area (Å²) in [7, 11) is 0. The number of hydrogen-bond acceptors (Lipinski definition) is 4. The molecule has 1 aromatic heterocycles. The number of piperidine rings is 1. The SMILES string of the molecule is N#Cc1ccncc1N1CC(C(=O)N2CCCCC2)C1. The molecule has 2 saturated heterocycles. The molecule has 3 heterocycles. The zero-order valence-corrected chi connectivity index (χ0v) is 11.5. The van der Waals surface area contributed by atoms with E-state index < -0.39 is 0 Å². The third-order valence-corrected chi connectivity index (χ3v) is 4.16. The van der Waals surface area contributed by atoms with Gasteiger partial charge in [-0.3, -0.25) is 9.78 Å². The van der Waals surface area contributed by atoms with Gasteiger partial charge in [0, 0.05) is 32.4 Å². The highest BCUT2D eigenvalue weighted by Crippen LogP contribution is 2.28. The van der Waals surface area contributed by atoms with Gasteiger partial charge in [0.05, 0.1) is 23.4 Å². The standard InChI is InChI=1S/C15H18N4O/c16-8-12-4-5-17-9-14(12)19-10-13(11-19)15(20)18-6-2-1-3-7-18/h4-5,9,13H,1-3,6-7,10-11H2. The number of nitriles is 1. The van der Waals surface area contributed by atoms with Crippen LogP contribution < -0.4 is 4.90 Å². The van der Waals surface area contributed by atoms with Crippen molar-refractivity contribution in [3.63, 3.8) is 0 Å². The summed E-state index contributed by atoms with van der Waals surface area (Å²) in [5, 5.41) is 9.09. The highest BCUT2D eigenvalue weighted by atomic mass is 16.2. The van der Waals surface area contributed by atoms with Gasteiger partial charge in [0.2, 0.25) is 5.91 Å². The average molecular weight is 270 g/mol. The fourth-order valence-corrected chi connectivity index (χ4v) is 2.94. The molecule has 20 heavy (non-hydrogen) atoms. The van der Waals surface area contributed by atoms with Gasteiger partial charge in [0.1, 0.15) is 6.07 Å². The molecule has 2 aliphatic heterocycles. The van der Waals surface area contributed by atoms with Crippen LogP contribution in [0.3, 0.4) is 0 Å². The Labute approximate surface area is 118 Å². The smallest absolute Gasteiger partial charge is 0.229 e. The van der Waals surface area contributed by atoms with Crippen molar-refractivity contribution in [3.8, 4) is 6.07 Å². The quantitative estimate of drug-likeness (QED) is 0.815. The molecule has 1 aromatic rings. The number of amides is 1. The van der Waals surface area contributed by atoms with Crippen LogP contribution in [0.15, 0.2) is 18.5 Å². The molecule has 5 heteroatoms. The van der Waals surface area contributed by atoms with E-state index in [1.54, 1.807) is 18.5 Å². The number of anilines is 1. The lowest BCUT2D eigenvalue weighted by Crippen LogP contribution is -2.55. The number of hydrogen-bond donors (Lipinski definition) is 0. The summed E-state index contributed by atoms with van der Waals surface area (Å²) in [4.78, 5) is 20.5. The summed E-state index contributed by atoms with van der Waals surface area (Å²) in [6.45, 7) is 3.22. The van der Waals surface area contributed by atoms with Crippen LogP contribution in [0.4, 0.5) is 5.69 Å². The molecule has 0 unspecified atom stereocenters. The van der Waals surface area contributed by atoms with Crippen molar-refractivity contribution in [1.82, 2.24) is 9.88 Å². The van der Waals surface area contributed by atoms with E-state index >= 15 is 0 Å². The Kier molecular flexibility index (Phi) is 3.55. The van der Waals surface area contributed by atoms with E-state index in [1.807, 2.05) is 4.90 Å². The first-order chi connectivity index (χ1) is 9.79. The predicted molar refractivity (Wildman–Crippen MR) is 75.1 cm³/mol. The molecule has 3 rings (SSSR count). The van der Waals surface area contributed by atoms with Crippen molar-refractivity contribution in [2.75, 3.05) is 31.1 Å². The molecular formula is C15H18N4O. The maximum Gasteiger partial charge on any atom is 0.229 e. The van der Waals surface area contributed by atoms with Gasteiger partial charge in [-0.05, 0) is 25.3 Å². The first-order valence-electron chi connectivity index (χ1n) is 7.17. The van der Waals surface area contributed by atoms with Gasteiger partial charge in [0.15, 0.2) is 0 Å². The van der Waals surface area contributed by atoms with Gasteiger partial charge < -0.3 is 9.80 Å². The summed E-state index contributed by atoms with van der Waals surface area (Å²) < 4.78 is 0. The zero-order chi connectivity index (χ0) is 13.9. The van der Waals surface area contributed by atoms with Crippen LogP contribution in [0.5, 0.6) is 0 Å². The first-order valence-corrected chi connectivity index (χ1v) is 7.17. The Morgan fingerprint density at radius 3 is 2.75 bits per heavy atom. The van der Waals surface area contributed by atoms with Crippen LogP contribution in [-0.2, 0) is 4.79 Å². The molecule has 5 nitrogen and oxygen atoms in total. The first kappa shape index (κ1) is 12.9. The molecule has 0 N–H and O–H groups in total. The summed E-state index contributed by atoms with van der Waals surface area (Å²) in [6.07, 6.45) is 6.83. The number of aromatic nitrogens is 1. The third-order valence-electron chi connectivity index (χ3n) is 4.16. The van der Waals surface area contributed by atoms with Crippen molar-refractivity contribution >= 4 is 11.6 Å². The average Bonchev–Trinajstić information content (AvgIpc) is 2.47. The normalized spacial score (nSPS) is 19.4. The topological polar surface area (TPSA) is 60.2 Å². The second kappa shape index (κ2) is 5.49. The van der Waals surface area contributed by atoms with Crippen molar-refractivity contribution < 1.29 is 4.79 Å². The van der Waals surface area contributed by atoms with Crippen molar-refractivity contribution in [2.24, 2.45) is 5.92 Å². The van der Waals surface area contributed by atoms with Crippen molar-refractivity contribution in [1.29, 1.82) is 5.26 Å². The Hall–Kier alpha value is -2.09. The van der Waals surface area contributed by atoms with Crippen LogP contribution in [-0.4, -0.2) is 42.0 Å². The number of carbonyl (C=O) groups is 1. The zero-order valence-electron chi connectivity index (χ0n) is 11.5. The van der Waals surface area contributed by atoms with Crippen LogP contribution in [0.1, 0.15) is 24.8 Å². The van der Waals surface area contributed by atoms with E-state index in [0.29, 0.717) is 18.7 Å². The van der Waals surface area contributed by atoms with E-state index in [9.17, 15) is 4.79 Å². The Morgan fingerprint density at radius 2 is 2.05 bits per heavy atom. The van der Waals surface area contributed by atoms with E-state index in [1.165, 1.54) is 6.42 Å². The van der Waals surface area contributed by atoms with Crippen molar-refractivity contribution in [3.05, 3.63) is 24.0 Å². The largest absolute Gasteiger partial charge is 0.367 e. The fraction of sp³-hybridized carbons (Fsp3) is 0.533. The van der Waals surface area contributed by atoms with Crippen molar-refractivity contribution in [2.45, 2.75) is 19.3 Å². The number of likely N-dealkylation sites (tertiary alicyclic amines) is 1. The molecule has 104 valence electrons. The third kappa shape index (κ3) is 2.34. The molecular weight excluding hydrogens is 252 g/mol. The minimum Gasteiger partial charge on any atom is -0.367 e. The minimum atomic E-state index is 0.0832. The monoisotopic (exact) mass is 270 g/mol. The van der Waals surface area contributed by atoms with Crippen LogP contribution >= 0.6 is 0 Å². The number of rotatable bonds is 2. The van der Waals surface area contributed by atoms with Crippen LogP contribution in [0.25, 0.3) is 0 Å². The number of carbonyl (C=O) groups excluding carboxylic acids is 1. The van der Waals surface area contributed by atoms with Gasteiger partial charge in [0.25, 0.3) is 0 Å². The van der Waals surface area contributed by atoms with Crippen LogP contribution in [0.2, 0.25) is 0 Å². The highest BCUT2D eigenvalue weighted by Gasteiger charge is 2.36. The summed E-state index contributed by atoms with van der Waals surface area (Å²) in [5.41, 5.74) is 1.47. The molecule has 0 aromatic carbocycles. The van der Waals surface area contributed by atoms with Gasteiger partial charge in [-0.15, -0.1) is 0 Å². The molecule has 0 bridgehead atoms. The summed E-state index contributed by atoms with van der Waals surface area (Å²) in [6, 6.07) is 3.89. The van der Waals surface area contributed by atoms with Crippen LogP contribution in [0, 0.1) is 17.2 Å². The lowest BCUT2D eigenvalue weighted by atomic mass is 9.96. The summed E-state index contributed by atoms with van der Waals surface area (Å²) >= 11 is 0. The molecule has 2 fully saturated rings.